The van der Waals surface area contributed by atoms with Crippen LogP contribution in [0.1, 0.15) is 4.88 Å². The van der Waals surface area contributed by atoms with Crippen molar-refractivity contribution in [2.24, 2.45) is 0 Å². The molecule has 1 amide bonds. The zero-order valence-corrected chi connectivity index (χ0v) is 7.46. The molecule has 1 rings (SSSR count). The summed E-state index contributed by atoms with van der Waals surface area (Å²) in [5.74, 6) is 0. The minimum atomic E-state index is 0.569. The molecule has 0 spiro atoms. The molecular formula is C6H5BrNOS. The van der Waals surface area contributed by atoms with Crippen LogP contribution in [0.2, 0.25) is 0 Å². The Morgan fingerprint density at radius 3 is 3.10 bits per heavy atom. The van der Waals surface area contributed by atoms with E-state index in [0.717, 1.165) is 9.35 Å². The molecule has 53 valence electrons. The maximum atomic E-state index is 9.74. The van der Waals surface area contributed by atoms with Crippen LogP contribution >= 0.6 is 27.3 Å². The summed E-state index contributed by atoms with van der Waals surface area (Å²) in [5, 5.41) is 4.44. The van der Waals surface area contributed by atoms with Gasteiger partial charge in [0.25, 0.3) is 0 Å². The van der Waals surface area contributed by atoms with Gasteiger partial charge in [0.2, 0.25) is 0 Å². The van der Waals surface area contributed by atoms with Gasteiger partial charge < -0.3 is 5.32 Å². The van der Waals surface area contributed by atoms with Gasteiger partial charge in [0.1, 0.15) is 0 Å². The Hall–Kier alpha value is -0.350. The standard InChI is InChI=1S/C6H5BrNOS/c7-5-1-6(10-3-5)2-8-4-9/h1,3H,2H2,(H,8,9). The summed E-state index contributed by atoms with van der Waals surface area (Å²) >= 11 is 4.91. The quantitative estimate of drug-likeness (QED) is 0.769. The summed E-state index contributed by atoms with van der Waals surface area (Å²) in [6, 6.07) is 1.97. The van der Waals surface area contributed by atoms with E-state index in [4.69, 9.17) is 0 Å². The number of rotatable bonds is 3. The minimum Gasteiger partial charge on any atom is -0.343 e. The molecule has 1 radical (unpaired) electrons. The molecule has 1 N–H and O–H groups in total. The van der Waals surface area contributed by atoms with Gasteiger partial charge in [-0.1, -0.05) is 0 Å². The van der Waals surface area contributed by atoms with E-state index in [-0.39, 0.29) is 0 Å². The van der Waals surface area contributed by atoms with Gasteiger partial charge in [0, 0.05) is 14.7 Å². The molecule has 10 heavy (non-hydrogen) atoms. The van der Waals surface area contributed by atoms with Crippen LogP contribution in [0.15, 0.2) is 15.9 Å². The molecule has 0 aliphatic heterocycles. The second-order valence-corrected chi connectivity index (χ2v) is 3.60. The fourth-order valence-corrected chi connectivity index (χ4v) is 1.96. The molecule has 0 fully saturated rings. The Labute approximate surface area is 71.4 Å². The lowest BCUT2D eigenvalue weighted by molar-refractivity contribution is 0.542. The molecule has 2 nitrogen and oxygen atoms in total. The highest BCUT2D eigenvalue weighted by molar-refractivity contribution is 9.10. The molecule has 1 aromatic heterocycles. The molecule has 0 atom stereocenters. The Balaban J connectivity index is 2.49. The minimum absolute atomic E-state index is 0.569. The van der Waals surface area contributed by atoms with Crippen LogP contribution in [-0.2, 0) is 11.3 Å². The maximum Gasteiger partial charge on any atom is 0.309 e. The Morgan fingerprint density at radius 1 is 1.80 bits per heavy atom. The van der Waals surface area contributed by atoms with Crippen molar-refractivity contribution in [2.45, 2.75) is 6.54 Å². The van der Waals surface area contributed by atoms with Crippen molar-refractivity contribution < 1.29 is 4.79 Å². The van der Waals surface area contributed by atoms with Crippen molar-refractivity contribution in [1.29, 1.82) is 0 Å². The SMILES string of the molecule is O=[C]NCc1cc(Br)cs1. The molecular weight excluding hydrogens is 214 g/mol. The van der Waals surface area contributed by atoms with Gasteiger partial charge in [-0.15, -0.1) is 11.3 Å². The van der Waals surface area contributed by atoms with Crippen LogP contribution in [0.3, 0.4) is 0 Å². The number of carbonyl (C=O) groups excluding carboxylic acids is 1. The number of amides is 1. The molecule has 0 aromatic carbocycles. The van der Waals surface area contributed by atoms with Crippen molar-refractivity contribution in [2.75, 3.05) is 0 Å². The Bertz CT molecular complexity index is 223. The summed E-state index contributed by atoms with van der Waals surface area (Å²) in [4.78, 5) is 10.9. The fourth-order valence-electron chi connectivity index (χ4n) is 0.570. The first-order valence-electron chi connectivity index (χ1n) is 2.66. The molecule has 0 aliphatic carbocycles. The summed E-state index contributed by atoms with van der Waals surface area (Å²) in [7, 11) is 0. The zero-order valence-electron chi connectivity index (χ0n) is 5.06. The van der Waals surface area contributed by atoms with E-state index in [1.165, 1.54) is 0 Å². The van der Waals surface area contributed by atoms with Crippen molar-refractivity contribution in [3.05, 3.63) is 20.8 Å². The van der Waals surface area contributed by atoms with Crippen LogP contribution in [0.5, 0.6) is 0 Å². The Morgan fingerprint density at radius 2 is 2.60 bits per heavy atom. The summed E-state index contributed by atoms with van der Waals surface area (Å²) in [6.07, 6.45) is 1.62. The summed E-state index contributed by atoms with van der Waals surface area (Å²) in [5.41, 5.74) is 0. The lowest BCUT2D eigenvalue weighted by Gasteiger charge is -1.89. The molecule has 0 aliphatic rings. The first-order chi connectivity index (χ1) is 4.83. The van der Waals surface area contributed by atoms with Crippen LogP contribution in [0, 0.1) is 0 Å². The summed E-state index contributed by atoms with van der Waals surface area (Å²) in [6.45, 7) is 0.569. The molecule has 4 heteroatoms. The lowest BCUT2D eigenvalue weighted by atomic mass is 10.5. The van der Waals surface area contributed by atoms with Gasteiger partial charge in [0.05, 0.1) is 6.54 Å². The first-order valence-corrected chi connectivity index (χ1v) is 4.33. The predicted molar refractivity (Wildman–Crippen MR) is 44.6 cm³/mol. The van der Waals surface area contributed by atoms with Crippen LogP contribution in [0.25, 0.3) is 0 Å². The largest absolute Gasteiger partial charge is 0.343 e. The monoisotopic (exact) mass is 218 g/mol. The maximum absolute atomic E-state index is 9.74. The van der Waals surface area contributed by atoms with E-state index >= 15 is 0 Å². The van der Waals surface area contributed by atoms with Crippen molar-refractivity contribution in [3.8, 4) is 0 Å². The van der Waals surface area contributed by atoms with Gasteiger partial charge in [-0.2, -0.15) is 0 Å². The average Bonchev–Trinajstić information content (AvgIpc) is 2.31. The molecule has 0 saturated heterocycles. The lowest BCUT2D eigenvalue weighted by Crippen LogP contribution is -2.07. The van der Waals surface area contributed by atoms with E-state index in [2.05, 4.69) is 21.2 Å². The molecule has 1 heterocycles. The van der Waals surface area contributed by atoms with Gasteiger partial charge >= 0.3 is 6.41 Å². The zero-order chi connectivity index (χ0) is 7.40. The number of hydrogen-bond donors (Lipinski definition) is 1. The highest BCUT2D eigenvalue weighted by Crippen LogP contribution is 2.18. The third-order valence-electron chi connectivity index (χ3n) is 0.957. The average molecular weight is 219 g/mol. The normalized spacial score (nSPS) is 9.30. The second kappa shape index (κ2) is 3.73. The topological polar surface area (TPSA) is 29.1 Å². The van der Waals surface area contributed by atoms with Crippen LogP contribution < -0.4 is 5.32 Å². The van der Waals surface area contributed by atoms with Crippen LogP contribution in [-0.4, -0.2) is 6.41 Å². The number of halogens is 1. The van der Waals surface area contributed by atoms with Gasteiger partial charge in [-0.25, -0.2) is 0 Å². The van der Waals surface area contributed by atoms with E-state index in [1.807, 2.05) is 11.4 Å². The van der Waals surface area contributed by atoms with E-state index in [1.54, 1.807) is 17.7 Å². The third kappa shape index (κ3) is 2.11. The number of hydrogen-bond acceptors (Lipinski definition) is 2. The molecule has 0 unspecified atom stereocenters. The molecule has 0 bridgehead atoms. The van der Waals surface area contributed by atoms with Crippen molar-refractivity contribution >= 4 is 33.7 Å². The molecule has 1 aromatic rings. The first kappa shape index (κ1) is 7.75. The van der Waals surface area contributed by atoms with Gasteiger partial charge in [-0.05, 0) is 22.0 Å². The van der Waals surface area contributed by atoms with E-state index < -0.39 is 0 Å². The smallest absolute Gasteiger partial charge is 0.309 e. The highest BCUT2D eigenvalue weighted by Gasteiger charge is 1.94. The van der Waals surface area contributed by atoms with Gasteiger partial charge in [0.15, 0.2) is 0 Å². The van der Waals surface area contributed by atoms with Gasteiger partial charge in [-0.3, -0.25) is 4.79 Å². The van der Waals surface area contributed by atoms with E-state index in [9.17, 15) is 4.79 Å². The second-order valence-electron chi connectivity index (χ2n) is 1.69. The van der Waals surface area contributed by atoms with Crippen molar-refractivity contribution in [3.63, 3.8) is 0 Å². The highest BCUT2D eigenvalue weighted by atomic mass is 79.9. The number of thiophene rings is 1. The molecule has 0 saturated carbocycles. The third-order valence-corrected chi connectivity index (χ3v) is 2.65. The van der Waals surface area contributed by atoms with Crippen molar-refractivity contribution in [1.82, 2.24) is 5.32 Å². The summed E-state index contributed by atoms with van der Waals surface area (Å²) < 4.78 is 1.06. The fraction of sp³-hybridized carbons (Fsp3) is 0.167. The number of nitrogens with one attached hydrogen (secondary N) is 1. The Kier molecular flexibility index (Phi) is 2.89. The predicted octanol–water partition coefficient (Wildman–Crippen LogP) is 1.67. The van der Waals surface area contributed by atoms with E-state index in [0.29, 0.717) is 6.54 Å². The van der Waals surface area contributed by atoms with Crippen LogP contribution in [0.4, 0.5) is 0 Å².